The zero-order valence-corrected chi connectivity index (χ0v) is 13.9. The second-order valence-corrected chi connectivity index (χ2v) is 7.65. The first-order chi connectivity index (χ1) is 11.3. The van der Waals surface area contributed by atoms with Crippen LogP contribution in [-0.4, -0.2) is 27.1 Å². The van der Waals surface area contributed by atoms with Crippen molar-refractivity contribution in [1.82, 2.24) is 5.32 Å². The first-order valence-electron chi connectivity index (χ1n) is 7.48. The third-order valence-corrected chi connectivity index (χ3v) is 5.12. The molecule has 0 unspecified atom stereocenters. The number of carbonyl (C=O) groups is 1. The monoisotopic (exact) mass is 348 g/mol. The lowest BCUT2D eigenvalue weighted by Gasteiger charge is -2.16. The van der Waals surface area contributed by atoms with Crippen LogP contribution in [-0.2, 0) is 23.0 Å². The van der Waals surface area contributed by atoms with Crippen LogP contribution in [0.2, 0.25) is 0 Å². The van der Waals surface area contributed by atoms with Gasteiger partial charge in [-0.1, -0.05) is 12.1 Å². The molecule has 1 heterocycles. The summed E-state index contributed by atoms with van der Waals surface area (Å²) in [6, 6.07) is 11.0. The molecule has 7 heteroatoms. The highest BCUT2D eigenvalue weighted by Crippen LogP contribution is 2.30. The predicted molar refractivity (Wildman–Crippen MR) is 89.9 cm³/mol. The molecule has 0 saturated carbocycles. The highest BCUT2D eigenvalue weighted by molar-refractivity contribution is 7.92. The zero-order valence-electron chi connectivity index (χ0n) is 13.1. The van der Waals surface area contributed by atoms with Gasteiger partial charge in [0.2, 0.25) is 10.0 Å². The van der Waals surface area contributed by atoms with E-state index in [2.05, 4.69) is 5.32 Å². The number of nitrogens with zero attached hydrogens (tertiary/aromatic N) is 1. The number of rotatable bonds is 4. The summed E-state index contributed by atoms with van der Waals surface area (Å²) in [4.78, 5) is 12.2. The molecule has 1 amide bonds. The Labute approximate surface area is 140 Å². The minimum atomic E-state index is -3.30. The summed E-state index contributed by atoms with van der Waals surface area (Å²) >= 11 is 0. The maximum absolute atomic E-state index is 13.1. The van der Waals surface area contributed by atoms with Crippen molar-refractivity contribution in [3.8, 4) is 0 Å². The van der Waals surface area contributed by atoms with Crippen LogP contribution in [0.4, 0.5) is 10.1 Å². The van der Waals surface area contributed by atoms with Crippen LogP contribution in [0.3, 0.4) is 0 Å². The fraction of sp³-hybridized carbons (Fsp3) is 0.235. The largest absolute Gasteiger partial charge is 0.348 e. The third-order valence-electron chi connectivity index (χ3n) is 3.94. The van der Waals surface area contributed by atoms with Crippen LogP contribution in [0.15, 0.2) is 42.5 Å². The predicted octanol–water partition coefficient (Wildman–Crippen LogP) is 2.08. The molecule has 0 fully saturated rings. The number of carbonyl (C=O) groups excluding carboxylic acids is 1. The van der Waals surface area contributed by atoms with Crippen LogP contribution < -0.4 is 9.62 Å². The van der Waals surface area contributed by atoms with Crippen LogP contribution in [0.5, 0.6) is 0 Å². The molecule has 5 nitrogen and oxygen atoms in total. The van der Waals surface area contributed by atoms with Gasteiger partial charge in [-0.15, -0.1) is 0 Å². The smallest absolute Gasteiger partial charge is 0.251 e. The van der Waals surface area contributed by atoms with Crippen LogP contribution in [0.25, 0.3) is 0 Å². The second-order valence-electron chi connectivity index (χ2n) is 5.74. The topological polar surface area (TPSA) is 66.5 Å². The average Bonchev–Trinajstić information content (AvgIpc) is 2.96. The Morgan fingerprint density at radius 2 is 2.04 bits per heavy atom. The molecule has 24 heavy (non-hydrogen) atoms. The van der Waals surface area contributed by atoms with Gasteiger partial charge in [0.05, 0.1) is 11.9 Å². The molecule has 0 bridgehead atoms. The lowest BCUT2D eigenvalue weighted by Crippen LogP contribution is -2.27. The van der Waals surface area contributed by atoms with Crippen molar-refractivity contribution in [3.63, 3.8) is 0 Å². The lowest BCUT2D eigenvalue weighted by atomic mass is 10.1. The van der Waals surface area contributed by atoms with E-state index in [-0.39, 0.29) is 18.3 Å². The Balaban J connectivity index is 1.73. The molecule has 0 radical (unpaired) electrons. The number of hydrogen-bond acceptors (Lipinski definition) is 3. The molecule has 0 aliphatic carbocycles. The van der Waals surface area contributed by atoms with Gasteiger partial charge in [0.25, 0.3) is 5.91 Å². The molecule has 0 spiro atoms. The number of hydrogen-bond donors (Lipinski definition) is 1. The normalized spacial score (nSPS) is 13.7. The highest BCUT2D eigenvalue weighted by atomic mass is 32.2. The van der Waals surface area contributed by atoms with Crippen molar-refractivity contribution in [1.29, 1.82) is 0 Å². The number of benzene rings is 2. The third kappa shape index (κ3) is 3.41. The second kappa shape index (κ2) is 6.24. The number of amides is 1. The summed E-state index contributed by atoms with van der Waals surface area (Å²) in [5, 5.41) is 2.74. The summed E-state index contributed by atoms with van der Waals surface area (Å²) in [6.07, 6.45) is 1.75. The van der Waals surface area contributed by atoms with Crippen molar-refractivity contribution < 1.29 is 17.6 Å². The SMILES string of the molecule is CS(=O)(=O)N1CCc2cc(C(=O)NCc3cccc(F)c3)ccc21. The van der Waals surface area contributed by atoms with Gasteiger partial charge < -0.3 is 5.32 Å². The molecule has 0 aromatic heterocycles. The van der Waals surface area contributed by atoms with Gasteiger partial charge in [-0.05, 0) is 47.9 Å². The van der Waals surface area contributed by atoms with Crippen molar-refractivity contribution in [2.75, 3.05) is 17.1 Å². The molecule has 0 atom stereocenters. The van der Waals surface area contributed by atoms with E-state index >= 15 is 0 Å². The fourth-order valence-electron chi connectivity index (χ4n) is 2.79. The average molecular weight is 348 g/mol. The molecule has 126 valence electrons. The molecule has 2 aromatic rings. The van der Waals surface area contributed by atoms with Crippen LogP contribution >= 0.6 is 0 Å². The summed E-state index contributed by atoms with van der Waals surface area (Å²) < 4.78 is 37.9. The van der Waals surface area contributed by atoms with Crippen molar-refractivity contribution >= 4 is 21.6 Å². The van der Waals surface area contributed by atoms with Gasteiger partial charge >= 0.3 is 0 Å². The van der Waals surface area contributed by atoms with Gasteiger partial charge in [-0.25, -0.2) is 12.8 Å². The Kier molecular flexibility index (Phi) is 4.28. The van der Waals surface area contributed by atoms with E-state index in [1.807, 2.05) is 0 Å². The number of halogens is 1. The summed E-state index contributed by atoms with van der Waals surface area (Å²) in [5.41, 5.74) is 2.59. The number of sulfonamides is 1. The van der Waals surface area contributed by atoms with Crippen molar-refractivity contribution in [3.05, 3.63) is 65.0 Å². The molecule has 0 saturated heterocycles. The molecule has 1 aliphatic rings. The first-order valence-corrected chi connectivity index (χ1v) is 9.33. The van der Waals surface area contributed by atoms with Gasteiger partial charge in [0, 0.05) is 18.7 Å². The van der Waals surface area contributed by atoms with Crippen molar-refractivity contribution in [2.45, 2.75) is 13.0 Å². The van der Waals surface area contributed by atoms with Crippen LogP contribution in [0.1, 0.15) is 21.5 Å². The molecule has 1 N–H and O–H groups in total. The molecule has 2 aromatic carbocycles. The number of nitrogens with one attached hydrogen (secondary N) is 1. The van der Waals surface area contributed by atoms with E-state index in [1.165, 1.54) is 22.7 Å². The molecule has 1 aliphatic heterocycles. The Morgan fingerprint density at radius 3 is 2.75 bits per heavy atom. The maximum atomic E-state index is 13.1. The summed E-state index contributed by atoms with van der Waals surface area (Å²) in [5.74, 6) is -0.625. The zero-order chi connectivity index (χ0) is 17.3. The standard InChI is InChI=1S/C17H17FN2O3S/c1-24(22,23)20-8-7-13-10-14(5-6-16(13)20)17(21)19-11-12-3-2-4-15(18)9-12/h2-6,9-10H,7-8,11H2,1H3,(H,19,21). The molecular weight excluding hydrogens is 331 g/mol. The minimum Gasteiger partial charge on any atom is -0.348 e. The Bertz CT molecular complexity index is 896. The van der Waals surface area contributed by atoms with Crippen LogP contribution in [0, 0.1) is 5.82 Å². The van der Waals surface area contributed by atoms with Crippen molar-refractivity contribution in [2.24, 2.45) is 0 Å². The van der Waals surface area contributed by atoms with Gasteiger partial charge in [0.15, 0.2) is 0 Å². The van der Waals surface area contributed by atoms with E-state index < -0.39 is 10.0 Å². The maximum Gasteiger partial charge on any atom is 0.251 e. The van der Waals surface area contributed by atoms with E-state index in [0.717, 1.165) is 5.56 Å². The number of fused-ring (bicyclic) bond motifs is 1. The van der Waals surface area contributed by atoms with E-state index in [0.29, 0.717) is 29.8 Å². The first kappa shape index (κ1) is 16.4. The summed E-state index contributed by atoms with van der Waals surface area (Å²) in [7, 11) is -3.30. The van der Waals surface area contributed by atoms with E-state index in [1.54, 1.807) is 30.3 Å². The van der Waals surface area contributed by atoms with E-state index in [4.69, 9.17) is 0 Å². The molecular formula is C17H17FN2O3S. The van der Waals surface area contributed by atoms with Gasteiger partial charge in [-0.2, -0.15) is 0 Å². The van der Waals surface area contributed by atoms with Gasteiger partial charge in [-0.3, -0.25) is 9.10 Å². The number of anilines is 1. The Morgan fingerprint density at radius 1 is 1.25 bits per heavy atom. The summed E-state index contributed by atoms with van der Waals surface area (Å²) in [6.45, 7) is 0.617. The quantitative estimate of drug-likeness (QED) is 0.920. The molecule has 3 rings (SSSR count). The van der Waals surface area contributed by atoms with Gasteiger partial charge in [0.1, 0.15) is 5.82 Å². The minimum absolute atomic E-state index is 0.225. The Hall–Kier alpha value is -2.41. The van der Waals surface area contributed by atoms with E-state index in [9.17, 15) is 17.6 Å². The lowest BCUT2D eigenvalue weighted by molar-refractivity contribution is 0.0951. The fourth-order valence-corrected chi connectivity index (χ4v) is 3.75. The highest BCUT2D eigenvalue weighted by Gasteiger charge is 2.26.